The lowest BCUT2D eigenvalue weighted by Gasteiger charge is -2.19. The molecule has 0 aromatic carbocycles. The van der Waals surface area contributed by atoms with Crippen molar-refractivity contribution in [1.29, 1.82) is 0 Å². The number of hydrogen-bond acceptors (Lipinski definition) is 0. The SMILES string of the molecule is CCC(C)C(CC)CCCl. The summed E-state index contributed by atoms with van der Waals surface area (Å²) >= 11 is 5.68. The number of rotatable bonds is 5. The van der Waals surface area contributed by atoms with Crippen LogP contribution in [0, 0.1) is 11.8 Å². The van der Waals surface area contributed by atoms with E-state index in [2.05, 4.69) is 20.8 Å². The fourth-order valence-electron chi connectivity index (χ4n) is 1.36. The summed E-state index contributed by atoms with van der Waals surface area (Å²) in [5.74, 6) is 2.52. The molecule has 0 saturated carbocycles. The molecule has 0 bridgehead atoms. The van der Waals surface area contributed by atoms with Crippen molar-refractivity contribution in [2.45, 2.75) is 40.0 Å². The van der Waals surface area contributed by atoms with Gasteiger partial charge in [-0.25, -0.2) is 0 Å². The molecule has 0 spiro atoms. The Balaban J connectivity index is 3.56. The summed E-state index contributed by atoms with van der Waals surface area (Å²) < 4.78 is 0. The molecule has 62 valence electrons. The normalized spacial score (nSPS) is 16.8. The summed E-state index contributed by atoms with van der Waals surface area (Å²) in [5, 5.41) is 0. The smallest absolute Gasteiger partial charge is 0.0226 e. The monoisotopic (exact) mass is 162 g/mol. The second-order valence-corrected chi connectivity index (χ2v) is 3.41. The van der Waals surface area contributed by atoms with Gasteiger partial charge in [0, 0.05) is 5.88 Å². The topological polar surface area (TPSA) is 0 Å². The molecule has 0 heterocycles. The fraction of sp³-hybridized carbons (Fsp3) is 1.00. The van der Waals surface area contributed by atoms with Crippen molar-refractivity contribution in [1.82, 2.24) is 0 Å². The molecule has 1 heteroatoms. The van der Waals surface area contributed by atoms with E-state index in [4.69, 9.17) is 11.6 Å². The first-order chi connectivity index (χ1) is 4.76. The third-order valence-corrected chi connectivity index (χ3v) is 2.67. The maximum absolute atomic E-state index is 5.68. The van der Waals surface area contributed by atoms with Crippen molar-refractivity contribution in [3.05, 3.63) is 0 Å². The molecule has 2 atom stereocenters. The third-order valence-electron chi connectivity index (χ3n) is 2.45. The molecule has 0 aromatic rings. The molecular formula is C9H19Cl. The Bertz CT molecular complexity index is 71.1. The highest BCUT2D eigenvalue weighted by Gasteiger charge is 2.11. The van der Waals surface area contributed by atoms with Gasteiger partial charge in [-0.05, 0) is 18.3 Å². The minimum absolute atomic E-state index is 0.822. The Morgan fingerprint density at radius 1 is 1.20 bits per heavy atom. The van der Waals surface area contributed by atoms with Crippen molar-refractivity contribution in [3.8, 4) is 0 Å². The summed E-state index contributed by atoms with van der Waals surface area (Å²) in [6.45, 7) is 6.83. The molecule has 0 amide bonds. The summed E-state index contributed by atoms with van der Waals surface area (Å²) in [4.78, 5) is 0. The average molecular weight is 163 g/mol. The maximum Gasteiger partial charge on any atom is 0.0226 e. The fourth-order valence-corrected chi connectivity index (χ4v) is 1.64. The first kappa shape index (κ1) is 10.3. The van der Waals surface area contributed by atoms with E-state index in [1.165, 1.54) is 19.3 Å². The zero-order chi connectivity index (χ0) is 7.98. The third kappa shape index (κ3) is 3.46. The van der Waals surface area contributed by atoms with Crippen LogP contribution in [0.4, 0.5) is 0 Å². The number of alkyl halides is 1. The summed E-state index contributed by atoms with van der Waals surface area (Å²) in [5.41, 5.74) is 0. The molecular weight excluding hydrogens is 144 g/mol. The lowest BCUT2D eigenvalue weighted by Crippen LogP contribution is -2.10. The van der Waals surface area contributed by atoms with Gasteiger partial charge in [0.25, 0.3) is 0 Å². The highest BCUT2D eigenvalue weighted by Crippen LogP contribution is 2.22. The molecule has 0 radical (unpaired) electrons. The van der Waals surface area contributed by atoms with E-state index in [-0.39, 0.29) is 0 Å². The molecule has 2 unspecified atom stereocenters. The van der Waals surface area contributed by atoms with Crippen LogP contribution in [0.2, 0.25) is 0 Å². The summed E-state index contributed by atoms with van der Waals surface area (Å²) in [7, 11) is 0. The molecule has 0 aliphatic carbocycles. The Labute approximate surface area is 70.0 Å². The molecule has 0 N–H and O–H groups in total. The van der Waals surface area contributed by atoms with E-state index < -0.39 is 0 Å². The van der Waals surface area contributed by atoms with Crippen LogP contribution in [0.3, 0.4) is 0 Å². The van der Waals surface area contributed by atoms with Crippen LogP contribution in [0.5, 0.6) is 0 Å². The van der Waals surface area contributed by atoms with Crippen molar-refractivity contribution in [3.63, 3.8) is 0 Å². The lowest BCUT2D eigenvalue weighted by atomic mass is 9.88. The van der Waals surface area contributed by atoms with Crippen molar-refractivity contribution >= 4 is 11.6 Å². The minimum atomic E-state index is 0.822. The van der Waals surface area contributed by atoms with E-state index in [0.29, 0.717) is 0 Å². The molecule has 0 fully saturated rings. The predicted molar refractivity (Wildman–Crippen MR) is 48.6 cm³/mol. The number of halogens is 1. The van der Waals surface area contributed by atoms with Crippen LogP contribution in [0.25, 0.3) is 0 Å². The molecule has 0 aromatic heterocycles. The van der Waals surface area contributed by atoms with Gasteiger partial charge in [-0.1, -0.05) is 33.6 Å². The van der Waals surface area contributed by atoms with Gasteiger partial charge in [0.1, 0.15) is 0 Å². The zero-order valence-corrected chi connectivity index (χ0v) is 8.12. The Morgan fingerprint density at radius 2 is 1.80 bits per heavy atom. The second-order valence-electron chi connectivity index (χ2n) is 3.03. The van der Waals surface area contributed by atoms with Gasteiger partial charge >= 0.3 is 0 Å². The zero-order valence-electron chi connectivity index (χ0n) is 7.36. The van der Waals surface area contributed by atoms with Crippen LogP contribution in [0.1, 0.15) is 40.0 Å². The van der Waals surface area contributed by atoms with Gasteiger partial charge in [0.05, 0.1) is 0 Å². The van der Waals surface area contributed by atoms with Crippen LogP contribution in [-0.2, 0) is 0 Å². The van der Waals surface area contributed by atoms with Gasteiger partial charge in [-0.3, -0.25) is 0 Å². The molecule has 10 heavy (non-hydrogen) atoms. The first-order valence-corrected chi connectivity index (χ1v) is 4.85. The van der Waals surface area contributed by atoms with Crippen LogP contribution in [0.15, 0.2) is 0 Å². The average Bonchev–Trinajstić information content (AvgIpc) is 1.99. The molecule has 0 nitrogen and oxygen atoms in total. The van der Waals surface area contributed by atoms with Gasteiger partial charge in [-0.2, -0.15) is 0 Å². The number of hydrogen-bond donors (Lipinski definition) is 0. The highest BCUT2D eigenvalue weighted by molar-refractivity contribution is 6.17. The Morgan fingerprint density at radius 3 is 2.10 bits per heavy atom. The predicted octanol–water partition coefficient (Wildman–Crippen LogP) is 3.69. The Kier molecular flexibility index (Phi) is 6.20. The van der Waals surface area contributed by atoms with Crippen molar-refractivity contribution < 1.29 is 0 Å². The van der Waals surface area contributed by atoms with E-state index in [1.54, 1.807) is 0 Å². The molecule has 0 aliphatic heterocycles. The van der Waals surface area contributed by atoms with Gasteiger partial charge in [0.2, 0.25) is 0 Å². The molecule has 0 rings (SSSR count). The van der Waals surface area contributed by atoms with Crippen LogP contribution >= 0.6 is 11.6 Å². The van der Waals surface area contributed by atoms with Crippen LogP contribution < -0.4 is 0 Å². The minimum Gasteiger partial charge on any atom is -0.127 e. The Hall–Kier alpha value is 0.290. The maximum atomic E-state index is 5.68. The van der Waals surface area contributed by atoms with E-state index in [1.807, 2.05) is 0 Å². The summed E-state index contributed by atoms with van der Waals surface area (Å²) in [6.07, 6.45) is 3.75. The van der Waals surface area contributed by atoms with Gasteiger partial charge < -0.3 is 0 Å². The standard InChI is InChI=1S/C9H19Cl/c1-4-8(3)9(5-2)6-7-10/h8-9H,4-7H2,1-3H3. The largest absolute Gasteiger partial charge is 0.127 e. The van der Waals surface area contributed by atoms with Gasteiger partial charge in [0.15, 0.2) is 0 Å². The van der Waals surface area contributed by atoms with E-state index >= 15 is 0 Å². The van der Waals surface area contributed by atoms with E-state index in [0.717, 1.165) is 17.7 Å². The molecule has 0 aliphatic rings. The van der Waals surface area contributed by atoms with Gasteiger partial charge in [-0.15, -0.1) is 11.6 Å². The van der Waals surface area contributed by atoms with Crippen molar-refractivity contribution in [2.24, 2.45) is 11.8 Å². The summed E-state index contributed by atoms with van der Waals surface area (Å²) in [6, 6.07) is 0. The van der Waals surface area contributed by atoms with Crippen molar-refractivity contribution in [2.75, 3.05) is 5.88 Å². The quantitative estimate of drug-likeness (QED) is 0.541. The lowest BCUT2D eigenvalue weighted by molar-refractivity contribution is 0.330. The highest BCUT2D eigenvalue weighted by atomic mass is 35.5. The van der Waals surface area contributed by atoms with Crippen LogP contribution in [-0.4, -0.2) is 5.88 Å². The first-order valence-electron chi connectivity index (χ1n) is 4.32. The van der Waals surface area contributed by atoms with E-state index in [9.17, 15) is 0 Å². The molecule has 0 saturated heterocycles. The second kappa shape index (κ2) is 6.03.